The third-order valence-corrected chi connectivity index (χ3v) is 1.65. The number of aryl methyl sites for hydroxylation is 1. The van der Waals surface area contributed by atoms with Crippen molar-refractivity contribution < 1.29 is 5.21 Å². The second-order valence-electron chi connectivity index (χ2n) is 1.69. The van der Waals surface area contributed by atoms with Crippen molar-refractivity contribution in [1.82, 2.24) is 9.85 Å². The van der Waals surface area contributed by atoms with Crippen molar-refractivity contribution in [1.29, 1.82) is 0 Å². The molecule has 0 spiro atoms. The van der Waals surface area contributed by atoms with E-state index in [1.54, 1.807) is 0 Å². The van der Waals surface area contributed by atoms with E-state index in [0.29, 0.717) is 0 Å². The molecule has 5 heteroatoms. The molecule has 0 fully saturated rings. The molecule has 4 nitrogen and oxygen atoms in total. The summed E-state index contributed by atoms with van der Waals surface area (Å²) in [4.78, 5) is 3.82. The molecule has 1 heterocycles. The van der Waals surface area contributed by atoms with Crippen LogP contribution in [0.2, 0.25) is 0 Å². The molecule has 1 aromatic rings. The fourth-order valence-electron chi connectivity index (χ4n) is 0.503. The van der Waals surface area contributed by atoms with Gasteiger partial charge in [0.05, 0.1) is 5.69 Å². The minimum Gasteiger partial charge on any atom is -0.290 e. The maximum Gasteiger partial charge on any atom is 0.138 e. The number of aromatic nitrogens is 1. The van der Waals surface area contributed by atoms with Gasteiger partial charge in [0.1, 0.15) is 11.3 Å². The zero-order valence-corrected chi connectivity index (χ0v) is 6.22. The maximum absolute atomic E-state index is 8.12. The lowest BCUT2D eigenvalue weighted by Crippen LogP contribution is -2.00. The van der Waals surface area contributed by atoms with Crippen LogP contribution in [-0.2, 0) is 0 Å². The zero-order valence-electron chi connectivity index (χ0n) is 5.40. The summed E-state index contributed by atoms with van der Waals surface area (Å²) in [6.07, 6.45) is 1.20. The average molecular weight is 157 g/mol. The lowest BCUT2D eigenvalue weighted by atomic mass is 10.5. The number of nitrogens with zero attached hydrogens (tertiary/aromatic N) is 2. The summed E-state index contributed by atoms with van der Waals surface area (Å²) < 4.78 is 3.99. The second-order valence-corrected chi connectivity index (χ2v) is 2.48. The van der Waals surface area contributed by atoms with E-state index < -0.39 is 0 Å². The minimum absolute atomic E-state index is 0.777. The molecule has 2 N–H and O–H groups in total. The van der Waals surface area contributed by atoms with E-state index in [1.807, 2.05) is 18.5 Å². The van der Waals surface area contributed by atoms with Crippen LogP contribution in [-0.4, -0.2) is 15.9 Å². The van der Waals surface area contributed by atoms with Gasteiger partial charge >= 0.3 is 0 Å². The van der Waals surface area contributed by atoms with Crippen molar-refractivity contribution in [2.24, 2.45) is 4.99 Å². The first-order valence-electron chi connectivity index (χ1n) is 2.68. The normalized spacial score (nSPS) is 10.6. The average Bonchev–Trinajstić information content (AvgIpc) is 2.31. The SMILES string of the molecule is Cc1cc(/N=C/NO)sn1. The van der Waals surface area contributed by atoms with E-state index >= 15 is 0 Å². The molecule has 0 saturated carbocycles. The van der Waals surface area contributed by atoms with E-state index in [-0.39, 0.29) is 0 Å². The van der Waals surface area contributed by atoms with Crippen molar-refractivity contribution in [2.75, 3.05) is 0 Å². The number of rotatable bonds is 2. The van der Waals surface area contributed by atoms with Gasteiger partial charge in [0.15, 0.2) is 0 Å². The predicted octanol–water partition coefficient (Wildman–Crippen LogP) is 1.09. The summed E-state index contributed by atoms with van der Waals surface area (Å²) in [5.74, 6) is 0. The van der Waals surface area contributed by atoms with Crippen LogP contribution in [0.25, 0.3) is 0 Å². The first-order chi connectivity index (χ1) is 4.83. The number of aliphatic imine (C=N–C) groups is 1. The summed E-state index contributed by atoms with van der Waals surface area (Å²) in [5, 5.41) is 8.90. The van der Waals surface area contributed by atoms with Crippen LogP contribution in [0.3, 0.4) is 0 Å². The molecule has 1 rings (SSSR count). The van der Waals surface area contributed by atoms with Gasteiger partial charge in [-0.1, -0.05) is 0 Å². The van der Waals surface area contributed by atoms with Crippen LogP contribution >= 0.6 is 11.5 Å². The molecule has 54 valence electrons. The van der Waals surface area contributed by atoms with Crippen molar-refractivity contribution in [3.05, 3.63) is 11.8 Å². The highest BCUT2D eigenvalue weighted by Gasteiger charge is 1.91. The van der Waals surface area contributed by atoms with Crippen molar-refractivity contribution in [3.63, 3.8) is 0 Å². The van der Waals surface area contributed by atoms with Gasteiger partial charge < -0.3 is 0 Å². The molecule has 0 aromatic carbocycles. The third-order valence-electron chi connectivity index (χ3n) is 0.865. The van der Waals surface area contributed by atoms with Gasteiger partial charge in [0, 0.05) is 0 Å². The van der Waals surface area contributed by atoms with Gasteiger partial charge in [-0.2, -0.15) is 4.37 Å². The van der Waals surface area contributed by atoms with E-state index in [2.05, 4.69) is 9.37 Å². The van der Waals surface area contributed by atoms with E-state index in [4.69, 9.17) is 5.21 Å². The van der Waals surface area contributed by atoms with Gasteiger partial charge in [-0.15, -0.1) is 0 Å². The Bertz CT molecular complexity index is 233. The Kier molecular flexibility index (Phi) is 2.35. The number of hydroxylamine groups is 1. The predicted molar refractivity (Wildman–Crippen MR) is 39.9 cm³/mol. The quantitative estimate of drug-likeness (QED) is 0.384. The maximum atomic E-state index is 8.12. The Morgan fingerprint density at radius 2 is 2.70 bits per heavy atom. The van der Waals surface area contributed by atoms with Gasteiger partial charge in [-0.3, -0.25) is 10.7 Å². The van der Waals surface area contributed by atoms with Gasteiger partial charge in [-0.25, -0.2) is 4.99 Å². The standard InChI is InChI=1S/C5H7N3OS/c1-4-2-5(10-8-4)6-3-7-9/h2-3,9H,1H3,(H,6,7). The van der Waals surface area contributed by atoms with Crippen LogP contribution in [0.15, 0.2) is 11.1 Å². The summed E-state index contributed by atoms with van der Waals surface area (Å²) in [6.45, 7) is 1.89. The number of hydrogen-bond donors (Lipinski definition) is 2. The van der Waals surface area contributed by atoms with Gasteiger partial charge in [0.25, 0.3) is 0 Å². The highest BCUT2D eigenvalue weighted by molar-refractivity contribution is 7.09. The molecule has 0 atom stereocenters. The first-order valence-corrected chi connectivity index (χ1v) is 3.46. The Morgan fingerprint density at radius 3 is 3.20 bits per heavy atom. The highest BCUT2D eigenvalue weighted by Crippen LogP contribution is 2.17. The van der Waals surface area contributed by atoms with Crippen molar-refractivity contribution in [3.8, 4) is 0 Å². The fourth-order valence-corrected chi connectivity index (χ4v) is 1.12. The third kappa shape index (κ3) is 1.78. The number of nitrogens with one attached hydrogen (secondary N) is 1. The molecule has 0 saturated heterocycles. The largest absolute Gasteiger partial charge is 0.290 e. The van der Waals surface area contributed by atoms with E-state index in [0.717, 1.165) is 10.7 Å². The molecule has 0 aliphatic heterocycles. The monoisotopic (exact) mass is 157 g/mol. The number of hydrogen-bond acceptors (Lipinski definition) is 4. The van der Waals surface area contributed by atoms with Crippen LogP contribution in [0.1, 0.15) is 5.69 Å². The smallest absolute Gasteiger partial charge is 0.138 e. The minimum atomic E-state index is 0.777. The van der Waals surface area contributed by atoms with Gasteiger partial charge in [0.2, 0.25) is 0 Å². The lowest BCUT2D eigenvalue weighted by Gasteiger charge is -1.81. The van der Waals surface area contributed by atoms with Crippen LogP contribution < -0.4 is 5.48 Å². The molecule has 0 aliphatic rings. The zero-order chi connectivity index (χ0) is 7.40. The lowest BCUT2D eigenvalue weighted by molar-refractivity contribution is 0.240. The summed E-state index contributed by atoms with van der Waals surface area (Å²) in [6, 6.07) is 1.83. The Labute approximate surface area is 62.4 Å². The van der Waals surface area contributed by atoms with E-state index in [1.165, 1.54) is 17.9 Å². The molecule has 0 amide bonds. The molecular weight excluding hydrogens is 150 g/mol. The van der Waals surface area contributed by atoms with E-state index in [9.17, 15) is 0 Å². The molecule has 10 heavy (non-hydrogen) atoms. The first kappa shape index (κ1) is 7.17. The summed E-state index contributed by atoms with van der Waals surface area (Å²) in [5.41, 5.74) is 2.75. The fraction of sp³-hybridized carbons (Fsp3) is 0.200. The van der Waals surface area contributed by atoms with Gasteiger partial charge in [-0.05, 0) is 24.5 Å². The second kappa shape index (κ2) is 3.28. The molecule has 0 bridgehead atoms. The Balaban J connectivity index is 2.67. The summed E-state index contributed by atoms with van der Waals surface area (Å²) in [7, 11) is 0. The van der Waals surface area contributed by atoms with Crippen LogP contribution in [0.4, 0.5) is 5.00 Å². The Morgan fingerprint density at radius 1 is 1.90 bits per heavy atom. The Hall–Kier alpha value is -0.940. The van der Waals surface area contributed by atoms with Crippen molar-refractivity contribution in [2.45, 2.75) is 6.92 Å². The molecule has 1 aromatic heterocycles. The van der Waals surface area contributed by atoms with Crippen molar-refractivity contribution >= 4 is 22.9 Å². The highest BCUT2D eigenvalue weighted by atomic mass is 32.1. The molecule has 0 radical (unpaired) electrons. The molecule has 0 aliphatic carbocycles. The molecule has 0 unspecified atom stereocenters. The topological polar surface area (TPSA) is 57.5 Å². The van der Waals surface area contributed by atoms with Crippen LogP contribution in [0.5, 0.6) is 0 Å². The van der Waals surface area contributed by atoms with Crippen LogP contribution in [0, 0.1) is 6.92 Å². The molecular formula is C5H7N3OS. The summed E-state index contributed by atoms with van der Waals surface area (Å²) >= 11 is 1.29.